The number of hydrogen-bond acceptors (Lipinski definition) is 3. The van der Waals surface area contributed by atoms with E-state index in [9.17, 15) is 14.4 Å². The van der Waals surface area contributed by atoms with Gasteiger partial charge in [-0.15, -0.1) is 0 Å². The van der Waals surface area contributed by atoms with Crippen molar-refractivity contribution in [3.63, 3.8) is 0 Å². The van der Waals surface area contributed by atoms with Crippen molar-refractivity contribution < 1.29 is 14.4 Å². The normalized spacial score (nSPS) is 16.1. The van der Waals surface area contributed by atoms with Gasteiger partial charge in [-0.3, -0.25) is 14.4 Å². The molecule has 1 aromatic carbocycles. The summed E-state index contributed by atoms with van der Waals surface area (Å²) in [6, 6.07) is 5.96. The van der Waals surface area contributed by atoms with E-state index in [1.54, 1.807) is 16.7 Å². The monoisotopic (exact) mass is 444 g/mol. The van der Waals surface area contributed by atoms with Crippen molar-refractivity contribution in [2.45, 2.75) is 32.6 Å². The summed E-state index contributed by atoms with van der Waals surface area (Å²) in [5.74, 6) is -0.189. The highest BCUT2D eigenvalue weighted by molar-refractivity contribution is 9.10. The Hall–Kier alpha value is -2.61. The zero-order valence-corrected chi connectivity index (χ0v) is 17.2. The second-order valence-corrected chi connectivity index (χ2v) is 8.18. The molecule has 0 saturated carbocycles. The zero-order chi connectivity index (χ0) is 20.0. The van der Waals surface area contributed by atoms with Crippen LogP contribution < -0.4 is 5.32 Å². The minimum Gasteiger partial charge on any atom is -0.348 e. The van der Waals surface area contributed by atoms with Gasteiger partial charge in [-0.1, -0.05) is 22.5 Å². The third-order valence-electron chi connectivity index (χ3n) is 5.42. The van der Waals surface area contributed by atoms with Gasteiger partial charge in [0.1, 0.15) is 6.54 Å². The Morgan fingerprint density at radius 1 is 1.25 bits per heavy atom. The topological polar surface area (TPSA) is 74.7 Å². The van der Waals surface area contributed by atoms with Crippen molar-refractivity contribution in [1.29, 1.82) is 0 Å². The molecule has 3 amide bonds. The van der Waals surface area contributed by atoms with Gasteiger partial charge in [-0.25, -0.2) is 0 Å². The molecule has 4 rings (SSSR count). The quantitative estimate of drug-likeness (QED) is 0.730. The highest BCUT2D eigenvalue weighted by Crippen LogP contribution is 2.35. The highest BCUT2D eigenvalue weighted by atomic mass is 79.9. The number of amides is 3. The van der Waals surface area contributed by atoms with Crippen molar-refractivity contribution in [1.82, 2.24) is 19.7 Å². The molecule has 0 aliphatic carbocycles. The molecule has 28 heavy (non-hydrogen) atoms. The van der Waals surface area contributed by atoms with Crippen LogP contribution in [0.15, 0.2) is 35.3 Å². The smallest absolute Gasteiger partial charge is 0.246 e. The lowest BCUT2D eigenvalue weighted by Crippen LogP contribution is -2.61. The van der Waals surface area contributed by atoms with Crippen molar-refractivity contribution in [2.24, 2.45) is 0 Å². The van der Waals surface area contributed by atoms with Crippen molar-refractivity contribution in [2.75, 3.05) is 13.1 Å². The van der Waals surface area contributed by atoms with Gasteiger partial charge >= 0.3 is 0 Å². The SMILES string of the molecule is C=CC(=O)N1CC(NC(=O)Cn2c3c(c4cc(Br)ccc42)CN(C(C)=O)C3)C1. The molecule has 3 heterocycles. The number of nitrogens with one attached hydrogen (secondary N) is 1. The Kier molecular flexibility index (Phi) is 4.74. The van der Waals surface area contributed by atoms with E-state index in [-0.39, 0.29) is 30.3 Å². The summed E-state index contributed by atoms with van der Waals surface area (Å²) in [5, 5.41) is 4.05. The lowest BCUT2D eigenvalue weighted by Gasteiger charge is -2.38. The molecule has 2 aliphatic rings. The molecule has 1 N–H and O–H groups in total. The molecular formula is C20H21BrN4O3. The second kappa shape index (κ2) is 7.09. The fourth-order valence-corrected chi connectivity index (χ4v) is 4.29. The minimum absolute atomic E-state index is 0.0248. The molecule has 2 aliphatic heterocycles. The summed E-state index contributed by atoms with van der Waals surface area (Å²) in [6.07, 6.45) is 1.28. The van der Waals surface area contributed by atoms with E-state index in [2.05, 4.69) is 27.8 Å². The molecule has 0 unspecified atom stereocenters. The maximum Gasteiger partial charge on any atom is 0.246 e. The number of likely N-dealkylation sites (tertiary alicyclic amines) is 1. The lowest BCUT2D eigenvalue weighted by atomic mass is 10.1. The zero-order valence-electron chi connectivity index (χ0n) is 15.6. The molecule has 2 aromatic rings. The van der Waals surface area contributed by atoms with Gasteiger partial charge in [0.25, 0.3) is 0 Å². The number of nitrogens with zero attached hydrogens (tertiary/aromatic N) is 3. The van der Waals surface area contributed by atoms with E-state index >= 15 is 0 Å². The molecule has 1 aromatic heterocycles. The van der Waals surface area contributed by atoms with Crippen LogP contribution in [0, 0.1) is 0 Å². The predicted octanol–water partition coefficient (Wildman–Crippen LogP) is 1.78. The van der Waals surface area contributed by atoms with Crippen LogP contribution in [0.5, 0.6) is 0 Å². The standard InChI is InChI=1S/C20H21BrN4O3/c1-3-20(28)24-7-14(8-24)22-19(27)11-25-17-5-4-13(21)6-15(17)16-9-23(12(2)26)10-18(16)25/h3-6,14H,1,7-11H2,2H3,(H,22,27). The predicted molar refractivity (Wildman–Crippen MR) is 108 cm³/mol. The van der Waals surface area contributed by atoms with Crippen molar-refractivity contribution >= 4 is 44.6 Å². The maximum absolute atomic E-state index is 12.6. The second-order valence-electron chi connectivity index (χ2n) is 7.26. The number of aromatic nitrogens is 1. The van der Waals surface area contributed by atoms with Gasteiger partial charge in [0.05, 0.1) is 12.6 Å². The molecule has 146 valence electrons. The summed E-state index contributed by atoms with van der Waals surface area (Å²) in [4.78, 5) is 39.4. The number of rotatable bonds is 4. The Balaban J connectivity index is 1.54. The van der Waals surface area contributed by atoms with E-state index in [0.717, 1.165) is 26.6 Å². The minimum atomic E-state index is -0.116. The first-order chi connectivity index (χ1) is 13.4. The third kappa shape index (κ3) is 3.22. The van der Waals surface area contributed by atoms with E-state index in [1.165, 1.54) is 6.08 Å². The first kappa shape index (κ1) is 18.7. The van der Waals surface area contributed by atoms with Crippen LogP contribution in [0.3, 0.4) is 0 Å². The van der Waals surface area contributed by atoms with E-state index < -0.39 is 0 Å². The third-order valence-corrected chi connectivity index (χ3v) is 5.91. The molecule has 0 atom stereocenters. The largest absolute Gasteiger partial charge is 0.348 e. The Labute approximate surface area is 171 Å². The number of halogens is 1. The van der Waals surface area contributed by atoms with Crippen LogP contribution in [-0.4, -0.2) is 51.2 Å². The van der Waals surface area contributed by atoms with Crippen LogP contribution in [0.1, 0.15) is 18.2 Å². The number of carbonyl (C=O) groups is 3. The van der Waals surface area contributed by atoms with Gasteiger partial charge in [0, 0.05) is 53.2 Å². The van der Waals surface area contributed by atoms with E-state index in [0.29, 0.717) is 26.2 Å². The first-order valence-electron chi connectivity index (χ1n) is 9.13. The molecule has 7 nitrogen and oxygen atoms in total. The summed E-state index contributed by atoms with van der Waals surface area (Å²) < 4.78 is 2.97. The summed E-state index contributed by atoms with van der Waals surface area (Å²) in [7, 11) is 0. The molecule has 8 heteroatoms. The van der Waals surface area contributed by atoms with Gasteiger partial charge in [-0.2, -0.15) is 0 Å². The van der Waals surface area contributed by atoms with Crippen LogP contribution >= 0.6 is 15.9 Å². The van der Waals surface area contributed by atoms with Gasteiger partial charge in [-0.05, 0) is 24.3 Å². The molecule has 0 bridgehead atoms. The van der Waals surface area contributed by atoms with Crippen LogP contribution in [0.25, 0.3) is 10.9 Å². The van der Waals surface area contributed by atoms with Gasteiger partial charge in [0.15, 0.2) is 0 Å². The number of hydrogen-bond donors (Lipinski definition) is 1. The fraction of sp³-hybridized carbons (Fsp3) is 0.350. The Morgan fingerprint density at radius 3 is 2.68 bits per heavy atom. The number of carbonyl (C=O) groups excluding carboxylic acids is 3. The number of fused-ring (bicyclic) bond motifs is 3. The summed E-state index contributed by atoms with van der Waals surface area (Å²) >= 11 is 3.51. The molecule has 1 saturated heterocycles. The van der Waals surface area contributed by atoms with E-state index in [1.807, 2.05) is 22.8 Å². The number of benzene rings is 1. The Morgan fingerprint density at radius 2 is 2.00 bits per heavy atom. The summed E-state index contributed by atoms with van der Waals surface area (Å²) in [6.45, 7) is 7.31. The molecule has 0 radical (unpaired) electrons. The average molecular weight is 445 g/mol. The van der Waals surface area contributed by atoms with Crippen LogP contribution in [0.2, 0.25) is 0 Å². The van der Waals surface area contributed by atoms with Crippen molar-refractivity contribution in [3.8, 4) is 0 Å². The van der Waals surface area contributed by atoms with Crippen LogP contribution in [-0.2, 0) is 34.0 Å². The summed E-state index contributed by atoms with van der Waals surface area (Å²) in [5.41, 5.74) is 3.10. The fourth-order valence-electron chi connectivity index (χ4n) is 3.93. The highest BCUT2D eigenvalue weighted by Gasteiger charge is 2.32. The van der Waals surface area contributed by atoms with Gasteiger partial charge in [0.2, 0.25) is 17.7 Å². The Bertz CT molecular complexity index is 1010. The molecule has 0 spiro atoms. The van der Waals surface area contributed by atoms with Crippen molar-refractivity contribution in [3.05, 3.63) is 46.6 Å². The molecule has 1 fully saturated rings. The first-order valence-corrected chi connectivity index (χ1v) is 9.92. The molecular weight excluding hydrogens is 424 g/mol. The maximum atomic E-state index is 12.6. The lowest BCUT2D eigenvalue weighted by molar-refractivity contribution is -0.133. The van der Waals surface area contributed by atoms with Crippen LogP contribution in [0.4, 0.5) is 0 Å². The average Bonchev–Trinajstić information content (AvgIpc) is 3.17. The van der Waals surface area contributed by atoms with E-state index in [4.69, 9.17) is 0 Å². The van der Waals surface area contributed by atoms with Gasteiger partial charge < -0.3 is 19.7 Å².